The number of piperazine rings is 1. The highest BCUT2D eigenvalue weighted by Crippen LogP contribution is 2.14. The van der Waals surface area contributed by atoms with Gasteiger partial charge in [-0.3, -0.25) is 9.80 Å². The highest BCUT2D eigenvalue weighted by molar-refractivity contribution is 7.89. The minimum Gasteiger partial charge on any atom is -0.374 e. The van der Waals surface area contributed by atoms with Crippen molar-refractivity contribution in [1.29, 1.82) is 0 Å². The topological polar surface area (TPSA) is 53.1 Å². The van der Waals surface area contributed by atoms with Gasteiger partial charge in [0.05, 0.1) is 18.5 Å². The summed E-state index contributed by atoms with van der Waals surface area (Å²) in [6, 6.07) is 0.547. The maximum absolute atomic E-state index is 12.2. The van der Waals surface area contributed by atoms with Crippen LogP contribution in [0.25, 0.3) is 0 Å². The Hall–Kier alpha value is -0.470. The molecule has 23 heavy (non-hydrogen) atoms. The van der Waals surface area contributed by atoms with E-state index >= 15 is 0 Å². The zero-order valence-corrected chi connectivity index (χ0v) is 15.5. The molecule has 2 aliphatic rings. The first-order chi connectivity index (χ1) is 10.8. The van der Waals surface area contributed by atoms with Gasteiger partial charge < -0.3 is 4.74 Å². The summed E-state index contributed by atoms with van der Waals surface area (Å²) in [5.41, 5.74) is 0.691. The van der Waals surface area contributed by atoms with Crippen molar-refractivity contribution in [2.24, 2.45) is 0 Å². The molecule has 134 valence electrons. The third kappa shape index (κ3) is 5.53. The highest BCUT2D eigenvalue weighted by Gasteiger charge is 2.29. The molecule has 0 amide bonds. The molecule has 0 unspecified atom stereocenters. The molecule has 0 bridgehead atoms. The fourth-order valence-corrected chi connectivity index (χ4v) is 4.73. The summed E-state index contributed by atoms with van der Waals surface area (Å²) in [7, 11) is -3.19. The summed E-state index contributed by atoms with van der Waals surface area (Å²) < 4.78 is 31.9. The van der Waals surface area contributed by atoms with E-state index in [9.17, 15) is 8.42 Å². The number of hydrogen-bond acceptors (Lipinski definition) is 5. The van der Waals surface area contributed by atoms with Crippen LogP contribution < -0.4 is 0 Å². The summed E-state index contributed by atoms with van der Waals surface area (Å²) in [5.74, 6) is 0.0576. The standard InChI is InChI=1S/C16H31N3O3S/c1-14(2)13-23(20,21)19-7-5-17(6-8-19)11-16-12-18(15(3)4)9-10-22-16/h15-16H,1,5-13H2,2-4H3/t16-/m0/s1. The Balaban J connectivity index is 1.80. The van der Waals surface area contributed by atoms with Crippen LogP contribution in [0.5, 0.6) is 0 Å². The second-order valence-corrected chi connectivity index (χ2v) is 8.96. The maximum Gasteiger partial charge on any atom is 0.218 e. The minimum absolute atomic E-state index is 0.0576. The summed E-state index contributed by atoms with van der Waals surface area (Å²) in [5, 5.41) is 0. The Morgan fingerprint density at radius 3 is 2.43 bits per heavy atom. The summed E-state index contributed by atoms with van der Waals surface area (Å²) in [6.45, 7) is 16.2. The van der Waals surface area contributed by atoms with E-state index in [1.807, 2.05) is 0 Å². The van der Waals surface area contributed by atoms with Crippen LogP contribution in [-0.4, -0.2) is 92.8 Å². The number of morpholine rings is 1. The molecule has 2 aliphatic heterocycles. The largest absolute Gasteiger partial charge is 0.374 e. The van der Waals surface area contributed by atoms with E-state index in [0.29, 0.717) is 24.7 Å². The van der Waals surface area contributed by atoms with Gasteiger partial charge in [0, 0.05) is 51.9 Å². The van der Waals surface area contributed by atoms with Crippen LogP contribution in [-0.2, 0) is 14.8 Å². The lowest BCUT2D eigenvalue weighted by atomic mass is 10.2. The third-order valence-corrected chi connectivity index (χ3v) is 6.53. The van der Waals surface area contributed by atoms with Crippen molar-refractivity contribution >= 4 is 10.0 Å². The lowest BCUT2D eigenvalue weighted by Gasteiger charge is -2.40. The van der Waals surface area contributed by atoms with Crippen LogP contribution in [0.1, 0.15) is 20.8 Å². The number of ether oxygens (including phenoxy) is 1. The first kappa shape index (κ1) is 18.9. The van der Waals surface area contributed by atoms with Crippen LogP contribution in [0.3, 0.4) is 0 Å². The zero-order chi connectivity index (χ0) is 17.0. The van der Waals surface area contributed by atoms with Crippen molar-refractivity contribution in [1.82, 2.24) is 14.1 Å². The quantitative estimate of drug-likeness (QED) is 0.661. The Kier molecular flexibility index (Phi) is 6.62. The molecule has 2 heterocycles. The number of rotatable bonds is 6. The van der Waals surface area contributed by atoms with Gasteiger partial charge in [-0.2, -0.15) is 4.31 Å². The molecule has 1 atom stereocenters. The number of hydrogen-bond donors (Lipinski definition) is 0. The second kappa shape index (κ2) is 8.07. The molecule has 0 aliphatic carbocycles. The molecular weight excluding hydrogens is 314 g/mol. The van der Waals surface area contributed by atoms with E-state index in [0.717, 1.165) is 39.3 Å². The first-order valence-corrected chi connectivity index (χ1v) is 10.1. The fourth-order valence-electron chi connectivity index (χ4n) is 3.20. The average Bonchev–Trinajstić information content (AvgIpc) is 2.46. The van der Waals surface area contributed by atoms with Gasteiger partial charge in [-0.05, 0) is 20.8 Å². The zero-order valence-electron chi connectivity index (χ0n) is 14.7. The molecule has 0 spiro atoms. The van der Waals surface area contributed by atoms with Gasteiger partial charge in [-0.1, -0.05) is 12.2 Å². The van der Waals surface area contributed by atoms with Crippen molar-refractivity contribution in [3.05, 3.63) is 12.2 Å². The Labute approximate surface area is 141 Å². The molecule has 0 radical (unpaired) electrons. The first-order valence-electron chi connectivity index (χ1n) is 8.48. The summed E-state index contributed by atoms with van der Waals surface area (Å²) in [6.07, 6.45) is 0.227. The SMILES string of the molecule is C=C(C)CS(=O)(=O)N1CCN(C[C@H]2CN(C(C)C)CCO2)CC1. The maximum atomic E-state index is 12.2. The molecule has 0 N–H and O–H groups in total. The van der Waals surface area contributed by atoms with Crippen LogP contribution in [0.2, 0.25) is 0 Å². The normalized spacial score (nSPS) is 25.8. The predicted octanol–water partition coefficient (Wildman–Crippen LogP) is 0.619. The molecular formula is C16H31N3O3S. The predicted molar refractivity (Wildman–Crippen MR) is 93.1 cm³/mol. The van der Waals surface area contributed by atoms with Crippen molar-refractivity contribution in [2.45, 2.75) is 32.9 Å². The molecule has 2 saturated heterocycles. The van der Waals surface area contributed by atoms with Crippen LogP contribution in [0, 0.1) is 0 Å². The van der Waals surface area contributed by atoms with E-state index in [1.165, 1.54) is 0 Å². The Morgan fingerprint density at radius 2 is 1.87 bits per heavy atom. The smallest absolute Gasteiger partial charge is 0.218 e. The van der Waals surface area contributed by atoms with Gasteiger partial charge in [0.15, 0.2) is 0 Å². The van der Waals surface area contributed by atoms with Gasteiger partial charge in [0.1, 0.15) is 0 Å². The lowest BCUT2D eigenvalue weighted by Crippen LogP contribution is -2.54. The van der Waals surface area contributed by atoms with Gasteiger partial charge in [-0.25, -0.2) is 8.42 Å². The summed E-state index contributed by atoms with van der Waals surface area (Å²) in [4.78, 5) is 4.77. The Bertz CT molecular complexity index is 499. The van der Waals surface area contributed by atoms with Crippen molar-refractivity contribution in [3.8, 4) is 0 Å². The third-order valence-electron chi connectivity index (χ3n) is 4.52. The fraction of sp³-hybridized carbons (Fsp3) is 0.875. The van der Waals surface area contributed by atoms with Crippen LogP contribution >= 0.6 is 0 Å². The lowest BCUT2D eigenvalue weighted by molar-refractivity contribution is -0.0545. The van der Waals surface area contributed by atoms with Crippen LogP contribution in [0.4, 0.5) is 0 Å². The van der Waals surface area contributed by atoms with E-state index < -0.39 is 10.0 Å². The van der Waals surface area contributed by atoms with Crippen molar-refractivity contribution < 1.29 is 13.2 Å². The number of nitrogens with zero attached hydrogens (tertiary/aromatic N) is 3. The molecule has 0 saturated carbocycles. The average molecular weight is 346 g/mol. The Morgan fingerprint density at radius 1 is 1.22 bits per heavy atom. The van der Waals surface area contributed by atoms with E-state index in [2.05, 4.69) is 30.2 Å². The molecule has 2 rings (SSSR count). The van der Waals surface area contributed by atoms with Crippen molar-refractivity contribution in [3.63, 3.8) is 0 Å². The summed E-state index contributed by atoms with van der Waals surface area (Å²) >= 11 is 0. The van der Waals surface area contributed by atoms with Gasteiger partial charge in [-0.15, -0.1) is 0 Å². The van der Waals surface area contributed by atoms with Gasteiger partial charge >= 0.3 is 0 Å². The molecule has 7 heteroatoms. The van der Waals surface area contributed by atoms with E-state index in [1.54, 1.807) is 11.2 Å². The molecule has 6 nitrogen and oxygen atoms in total. The minimum atomic E-state index is -3.19. The molecule has 0 aromatic rings. The monoisotopic (exact) mass is 345 g/mol. The van der Waals surface area contributed by atoms with Gasteiger partial charge in [0.25, 0.3) is 0 Å². The van der Waals surface area contributed by atoms with Gasteiger partial charge in [0.2, 0.25) is 10.0 Å². The molecule has 2 fully saturated rings. The van der Waals surface area contributed by atoms with E-state index in [-0.39, 0.29) is 11.9 Å². The number of sulfonamides is 1. The van der Waals surface area contributed by atoms with E-state index in [4.69, 9.17) is 4.74 Å². The second-order valence-electron chi connectivity index (χ2n) is 6.99. The molecule has 0 aromatic carbocycles. The van der Waals surface area contributed by atoms with Crippen LogP contribution in [0.15, 0.2) is 12.2 Å². The molecule has 0 aromatic heterocycles. The highest BCUT2D eigenvalue weighted by atomic mass is 32.2. The van der Waals surface area contributed by atoms with Crippen molar-refractivity contribution in [2.75, 3.05) is 58.2 Å².